The van der Waals surface area contributed by atoms with Crippen LogP contribution in [0.5, 0.6) is 0 Å². The monoisotopic (exact) mass is 228 g/mol. The zero-order valence-corrected chi connectivity index (χ0v) is 11.3. The second-order valence-corrected chi connectivity index (χ2v) is 4.89. The molecule has 16 heavy (non-hydrogen) atoms. The Labute approximate surface area is 102 Å². The summed E-state index contributed by atoms with van der Waals surface area (Å²) in [7, 11) is 7.67. The second kappa shape index (κ2) is 13.0. The van der Waals surface area contributed by atoms with E-state index >= 15 is 0 Å². The molecule has 0 N–H and O–H groups in total. The smallest absolute Gasteiger partial charge is 0.0700 e. The van der Waals surface area contributed by atoms with Gasteiger partial charge in [0.25, 0.3) is 0 Å². The molecule has 0 aliphatic carbocycles. The van der Waals surface area contributed by atoms with Gasteiger partial charge in [0.1, 0.15) is 0 Å². The maximum atomic E-state index is 4.78. The van der Waals surface area contributed by atoms with Crippen molar-refractivity contribution in [1.82, 2.24) is 4.90 Å². The Kier molecular flexibility index (Phi) is 12.9. The van der Waals surface area contributed by atoms with Crippen LogP contribution >= 0.6 is 0 Å². The Balaban J connectivity index is 2.88. The first kappa shape index (κ1) is 15.9. The van der Waals surface area contributed by atoms with Gasteiger partial charge in [-0.3, -0.25) is 0 Å². The summed E-state index contributed by atoms with van der Waals surface area (Å²) in [6.45, 7) is 2.07. The second-order valence-electron chi connectivity index (χ2n) is 4.89. The number of ether oxygens (including phenoxy) is 1. The summed E-state index contributed by atoms with van der Waals surface area (Å²) in [5.74, 6) is 0. The van der Waals surface area contributed by atoms with E-state index in [2.05, 4.69) is 26.1 Å². The third kappa shape index (κ3) is 13.9. The molecule has 0 aromatic heterocycles. The van der Waals surface area contributed by atoms with Crippen molar-refractivity contribution in [3.05, 3.63) is 7.11 Å². The Morgan fingerprint density at radius 1 is 0.750 bits per heavy atom. The molecule has 0 saturated carbocycles. The Morgan fingerprint density at radius 2 is 1.19 bits per heavy atom. The van der Waals surface area contributed by atoms with Gasteiger partial charge in [-0.15, -0.1) is 0 Å². The molecule has 0 heterocycles. The largest absolute Gasteiger partial charge is 0.379 e. The molecule has 0 aromatic rings. The molecule has 0 spiro atoms. The zero-order valence-electron chi connectivity index (χ0n) is 11.3. The van der Waals surface area contributed by atoms with E-state index < -0.39 is 0 Å². The van der Waals surface area contributed by atoms with Crippen LogP contribution in [-0.2, 0) is 4.74 Å². The van der Waals surface area contributed by atoms with Crippen LogP contribution in [0.3, 0.4) is 0 Å². The Morgan fingerprint density at radius 3 is 1.62 bits per heavy atom. The van der Waals surface area contributed by atoms with Crippen molar-refractivity contribution in [3.8, 4) is 0 Å². The number of rotatable bonds is 12. The van der Waals surface area contributed by atoms with Crippen molar-refractivity contribution in [2.45, 2.75) is 57.8 Å². The van der Waals surface area contributed by atoms with Crippen molar-refractivity contribution >= 4 is 0 Å². The molecule has 0 rings (SSSR count). The van der Waals surface area contributed by atoms with Crippen LogP contribution in [0.15, 0.2) is 0 Å². The zero-order chi connectivity index (χ0) is 12.1. The molecule has 0 fully saturated rings. The number of hydrogen-bond donors (Lipinski definition) is 0. The van der Waals surface area contributed by atoms with Crippen LogP contribution in [0.25, 0.3) is 0 Å². The van der Waals surface area contributed by atoms with Crippen molar-refractivity contribution in [3.63, 3.8) is 0 Å². The molecule has 0 saturated heterocycles. The third-order valence-electron chi connectivity index (χ3n) is 2.89. The minimum Gasteiger partial charge on any atom is -0.379 e. The predicted molar refractivity (Wildman–Crippen MR) is 71.4 cm³/mol. The lowest BCUT2D eigenvalue weighted by molar-refractivity contribution is 0.233. The highest BCUT2D eigenvalue weighted by Gasteiger charge is 1.93. The lowest BCUT2D eigenvalue weighted by atomic mass is 10.1. The topological polar surface area (TPSA) is 12.5 Å². The Bertz CT molecular complexity index is 126. The number of hydrogen-bond acceptors (Lipinski definition) is 2. The van der Waals surface area contributed by atoms with Crippen LogP contribution in [0.1, 0.15) is 57.8 Å². The van der Waals surface area contributed by atoms with E-state index in [-0.39, 0.29) is 0 Å². The van der Waals surface area contributed by atoms with Crippen molar-refractivity contribution in [2.24, 2.45) is 0 Å². The first-order valence-electron chi connectivity index (χ1n) is 6.79. The standard InChI is InChI=1S/C14H30NO/c1-15(2)13-11-9-7-5-4-6-8-10-12-14-16-3/h3-14H2,1-2H3. The minimum atomic E-state index is 0.824. The fourth-order valence-corrected chi connectivity index (χ4v) is 1.87. The molecule has 0 atom stereocenters. The predicted octanol–water partition coefficient (Wildman–Crippen LogP) is 3.87. The molecule has 0 unspecified atom stereocenters. The number of unbranched alkanes of at least 4 members (excludes halogenated alkanes) is 8. The van der Waals surface area contributed by atoms with Gasteiger partial charge in [0.2, 0.25) is 0 Å². The summed E-state index contributed by atoms with van der Waals surface area (Å²) in [5.41, 5.74) is 0. The van der Waals surface area contributed by atoms with Gasteiger partial charge in [-0.05, 0) is 33.5 Å². The summed E-state index contributed by atoms with van der Waals surface area (Å²) in [5, 5.41) is 0. The average Bonchev–Trinajstić information content (AvgIpc) is 2.25. The normalized spacial score (nSPS) is 11.2. The molecule has 97 valence electrons. The van der Waals surface area contributed by atoms with Gasteiger partial charge < -0.3 is 9.64 Å². The van der Waals surface area contributed by atoms with Crippen molar-refractivity contribution in [2.75, 3.05) is 27.2 Å². The highest BCUT2D eigenvalue weighted by atomic mass is 16.5. The first-order valence-corrected chi connectivity index (χ1v) is 6.79. The summed E-state index contributed by atoms with van der Waals surface area (Å²) in [6.07, 6.45) is 12.2. The fraction of sp³-hybridized carbons (Fsp3) is 0.929. The molecule has 0 aliphatic rings. The van der Waals surface area contributed by atoms with Crippen LogP contribution < -0.4 is 0 Å². The summed E-state index contributed by atoms with van der Waals surface area (Å²) >= 11 is 0. The highest BCUT2D eigenvalue weighted by Crippen LogP contribution is 2.09. The summed E-state index contributed by atoms with van der Waals surface area (Å²) in [6, 6.07) is 0. The maximum Gasteiger partial charge on any atom is 0.0700 e. The SMILES string of the molecule is [CH2]OCCCCCCCCCCCN(C)C. The van der Waals surface area contributed by atoms with Gasteiger partial charge in [0, 0.05) is 6.61 Å². The maximum absolute atomic E-state index is 4.78. The van der Waals surface area contributed by atoms with Crippen LogP contribution in [-0.4, -0.2) is 32.1 Å². The van der Waals surface area contributed by atoms with Gasteiger partial charge >= 0.3 is 0 Å². The lowest BCUT2D eigenvalue weighted by Gasteiger charge is -2.08. The van der Waals surface area contributed by atoms with Crippen LogP contribution in [0.2, 0.25) is 0 Å². The molecule has 0 aromatic carbocycles. The average molecular weight is 228 g/mol. The summed E-state index contributed by atoms with van der Waals surface area (Å²) < 4.78 is 4.78. The van der Waals surface area contributed by atoms with E-state index in [0.29, 0.717) is 0 Å². The lowest BCUT2D eigenvalue weighted by Crippen LogP contribution is -2.12. The molecule has 2 heteroatoms. The van der Waals surface area contributed by atoms with E-state index in [1.165, 1.54) is 64.3 Å². The first-order chi connectivity index (χ1) is 7.77. The van der Waals surface area contributed by atoms with E-state index in [9.17, 15) is 0 Å². The molecule has 0 aliphatic heterocycles. The van der Waals surface area contributed by atoms with E-state index in [1.54, 1.807) is 0 Å². The molecule has 2 nitrogen and oxygen atoms in total. The van der Waals surface area contributed by atoms with E-state index in [4.69, 9.17) is 4.74 Å². The molecular weight excluding hydrogens is 198 g/mol. The van der Waals surface area contributed by atoms with E-state index in [1.807, 2.05) is 0 Å². The summed E-state index contributed by atoms with van der Waals surface area (Å²) in [4.78, 5) is 2.27. The number of nitrogens with zero attached hydrogens (tertiary/aromatic N) is 1. The van der Waals surface area contributed by atoms with E-state index in [0.717, 1.165) is 6.61 Å². The van der Waals surface area contributed by atoms with Gasteiger partial charge in [-0.1, -0.05) is 44.9 Å². The van der Waals surface area contributed by atoms with Crippen LogP contribution in [0.4, 0.5) is 0 Å². The highest BCUT2D eigenvalue weighted by molar-refractivity contribution is 4.49. The van der Waals surface area contributed by atoms with Crippen molar-refractivity contribution < 1.29 is 4.74 Å². The quantitative estimate of drug-likeness (QED) is 0.470. The molecule has 1 radical (unpaired) electrons. The molecule has 0 amide bonds. The Hall–Kier alpha value is -0.0800. The van der Waals surface area contributed by atoms with Gasteiger partial charge in [-0.25, -0.2) is 0 Å². The molecular formula is C14H30NO. The van der Waals surface area contributed by atoms with Gasteiger partial charge in [-0.2, -0.15) is 0 Å². The molecule has 0 bridgehead atoms. The van der Waals surface area contributed by atoms with Crippen LogP contribution in [0, 0.1) is 7.11 Å². The minimum absolute atomic E-state index is 0.824. The third-order valence-corrected chi connectivity index (χ3v) is 2.89. The van der Waals surface area contributed by atoms with Crippen molar-refractivity contribution in [1.29, 1.82) is 0 Å². The van der Waals surface area contributed by atoms with Gasteiger partial charge in [0.15, 0.2) is 0 Å². The fourth-order valence-electron chi connectivity index (χ4n) is 1.87. The van der Waals surface area contributed by atoms with Gasteiger partial charge in [0.05, 0.1) is 7.11 Å².